The van der Waals surface area contributed by atoms with Crippen molar-refractivity contribution in [3.8, 4) is 0 Å². The predicted octanol–water partition coefficient (Wildman–Crippen LogP) is 3.29. The third-order valence-electron chi connectivity index (χ3n) is 4.19. The summed E-state index contributed by atoms with van der Waals surface area (Å²) in [7, 11) is 1.34. The molecular weight excluding hydrogens is 368 g/mol. The third kappa shape index (κ3) is 5.62. The molecular formula is C22H22N4O3. The van der Waals surface area contributed by atoms with Crippen molar-refractivity contribution in [1.29, 1.82) is 0 Å². The van der Waals surface area contributed by atoms with Crippen LogP contribution in [0.2, 0.25) is 0 Å². The van der Waals surface area contributed by atoms with Crippen LogP contribution in [0.25, 0.3) is 0 Å². The number of aryl methyl sites for hydroxylation is 1. The summed E-state index contributed by atoms with van der Waals surface area (Å²) in [4.78, 5) is 32.5. The van der Waals surface area contributed by atoms with Crippen LogP contribution in [-0.4, -0.2) is 35.5 Å². The zero-order chi connectivity index (χ0) is 20.6. The van der Waals surface area contributed by atoms with Crippen LogP contribution in [0.4, 0.5) is 11.5 Å². The summed E-state index contributed by atoms with van der Waals surface area (Å²) < 4.78 is 4.69. The molecule has 0 fully saturated rings. The summed E-state index contributed by atoms with van der Waals surface area (Å²) >= 11 is 0. The molecule has 0 radical (unpaired) electrons. The zero-order valence-electron chi connectivity index (χ0n) is 16.3. The monoisotopic (exact) mass is 390 g/mol. The van der Waals surface area contributed by atoms with E-state index in [1.165, 1.54) is 7.11 Å². The molecule has 7 nitrogen and oxygen atoms in total. The fourth-order valence-corrected chi connectivity index (χ4v) is 2.76. The van der Waals surface area contributed by atoms with Crippen LogP contribution in [0.1, 0.15) is 32.2 Å². The Kier molecular flexibility index (Phi) is 6.52. The number of esters is 1. The molecule has 1 aromatic heterocycles. The van der Waals surface area contributed by atoms with Gasteiger partial charge in [0.2, 0.25) is 0 Å². The van der Waals surface area contributed by atoms with Gasteiger partial charge >= 0.3 is 5.97 Å². The molecule has 0 spiro atoms. The summed E-state index contributed by atoms with van der Waals surface area (Å²) in [6, 6.07) is 18.3. The van der Waals surface area contributed by atoms with Gasteiger partial charge in [0.1, 0.15) is 17.3 Å². The number of aromatic nitrogens is 2. The molecule has 29 heavy (non-hydrogen) atoms. The van der Waals surface area contributed by atoms with Gasteiger partial charge in [0.25, 0.3) is 5.91 Å². The number of hydrogen-bond acceptors (Lipinski definition) is 6. The maximum absolute atomic E-state index is 12.5. The molecule has 0 aliphatic carbocycles. The van der Waals surface area contributed by atoms with Crippen molar-refractivity contribution in [3.05, 3.63) is 83.3 Å². The Labute approximate surface area is 169 Å². The van der Waals surface area contributed by atoms with E-state index in [4.69, 9.17) is 0 Å². The van der Waals surface area contributed by atoms with Crippen LogP contribution in [0.5, 0.6) is 0 Å². The first-order chi connectivity index (χ1) is 14.0. The van der Waals surface area contributed by atoms with Crippen molar-refractivity contribution in [2.45, 2.75) is 13.3 Å². The van der Waals surface area contributed by atoms with Gasteiger partial charge in [-0.1, -0.05) is 30.3 Å². The molecule has 1 amide bonds. The Bertz CT molecular complexity index is 989. The van der Waals surface area contributed by atoms with E-state index in [0.717, 1.165) is 17.7 Å². The third-order valence-corrected chi connectivity index (χ3v) is 4.19. The fraction of sp³-hybridized carbons (Fsp3) is 0.182. The number of benzene rings is 2. The van der Waals surface area contributed by atoms with Gasteiger partial charge in [-0.2, -0.15) is 0 Å². The minimum absolute atomic E-state index is 0.254. The quantitative estimate of drug-likeness (QED) is 0.602. The highest BCUT2D eigenvalue weighted by atomic mass is 16.5. The highest BCUT2D eigenvalue weighted by Gasteiger charge is 2.11. The van der Waals surface area contributed by atoms with Crippen molar-refractivity contribution in [1.82, 2.24) is 15.3 Å². The van der Waals surface area contributed by atoms with Crippen molar-refractivity contribution >= 4 is 23.4 Å². The molecule has 0 saturated carbocycles. The lowest BCUT2D eigenvalue weighted by Crippen LogP contribution is -2.27. The standard InChI is InChI=1S/C22H22N4O3/c1-15-24-19(21(27)23-13-12-16-6-4-3-5-7-16)14-20(25-15)26-18-10-8-17(9-11-18)22(28)29-2/h3-11,14H,12-13H2,1-2H3,(H,23,27)(H,24,25,26). The number of ether oxygens (including phenoxy) is 1. The first-order valence-corrected chi connectivity index (χ1v) is 9.18. The van der Waals surface area contributed by atoms with Crippen molar-refractivity contribution in [3.63, 3.8) is 0 Å². The number of hydrogen-bond donors (Lipinski definition) is 2. The molecule has 3 rings (SSSR count). The first-order valence-electron chi connectivity index (χ1n) is 9.18. The van der Waals surface area contributed by atoms with E-state index < -0.39 is 5.97 Å². The molecule has 148 valence electrons. The van der Waals surface area contributed by atoms with Gasteiger partial charge < -0.3 is 15.4 Å². The molecule has 0 aliphatic heterocycles. The van der Waals surface area contributed by atoms with E-state index in [-0.39, 0.29) is 5.91 Å². The number of methoxy groups -OCH3 is 1. The Morgan fingerprint density at radius 3 is 2.41 bits per heavy atom. The van der Waals surface area contributed by atoms with Crippen LogP contribution in [0, 0.1) is 6.92 Å². The van der Waals surface area contributed by atoms with Gasteiger partial charge in [0.15, 0.2) is 0 Å². The van der Waals surface area contributed by atoms with E-state index in [0.29, 0.717) is 29.4 Å². The lowest BCUT2D eigenvalue weighted by molar-refractivity contribution is 0.0600. The number of carbonyl (C=O) groups is 2. The Morgan fingerprint density at radius 1 is 1.00 bits per heavy atom. The van der Waals surface area contributed by atoms with Crippen LogP contribution >= 0.6 is 0 Å². The summed E-state index contributed by atoms with van der Waals surface area (Å²) in [6.45, 7) is 2.25. The number of rotatable bonds is 7. The van der Waals surface area contributed by atoms with Gasteiger partial charge in [-0.3, -0.25) is 4.79 Å². The van der Waals surface area contributed by atoms with Crippen molar-refractivity contribution in [2.75, 3.05) is 19.0 Å². The van der Waals surface area contributed by atoms with Crippen LogP contribution in [0.15, 0.2) is 60.7 Å². The molecule has 0 unspecified atom stereocenters. The summed E-state index contributed by atoms with van der Waals surface area (Å²) in [5.41, 5.74) is 2.63. The minimum atomic E-state index is -0.399. The molecule has 3 aromatic rings. The lowest BCUT2D eigenvalue weighted by atomic mass is 10.1. The van der Waals surface area contributed by atoms with E-state index in [9.17, 15) is 9.59 Å². The molecule has 0 bridgehead atoms. The number of nitrogens with one attached hydrogen (secondary N) is 2. The first kappa shape index (κ1) is 20.0. The normalized spacial score (nSPS) is 10.3. The van der Waals surface area contributed by atoms with Gasteiger partial charge in [-0.05, 0) is 43.2 Å². The maximum Gasteiger partial charge on any atom is 0.337 e. The number of anilines is 2. The molecule has 0 aliphatic rings. The van der Waals surface area contributed by atoms with Crippen molar-refractivity contribution in [2.24, 2.45) is 0 Å². The molecule has 0 saturated heterocycles. The topological polar surface area (TPSA) is 93.2 Å². The highest BCUT2D eigenvalue weighted by Crippen LogP contribution is 2.17. The van der Waals surface area contributed by atoms with Gasteiger partial charge in [0.05, 0.1) is 12.7 Å². The van der Waals surface area contributed by atoms with E-state index in [1.54, 1.807) is 37.3 Å². The van der Waals surface area contributed by atoms with Crippen LogP contribution in [-0.2, 0) is 11.2 Å². The Balaban J connectivity index is 1.64. The smallest absolute Gasteiger partial charge is 0.337 e. The summed E-state index contributed by atoms with van der Waals surface area (Å²) in [6.07, 6.45) is 0.744. The van der Waals surface area contributed by atoms with E-state index >= 15 is 0 Å². The SMILES string of the molecule is COC(=O)c1ccc(Nc2cc(C(=O)NCCc3ccccc3)nc(C)n2)cc1. The molecule has 0 atom stereocenters. The zero-order valence-corrected chi connectivity index (χ0v) is 16.3. The fourth-order valence-electron chi connectivity index (χ4n) is 2.76. The van der Waals surface area contributed by atoms with E-state index in [2.05, 4.69) is 25.3 Å². The Morgan fingerprint density at radius 2 is 1.72 bits per heavy atom. The number of amides is 1. The second-order valence-electron chi connectivity index (χ2n) is 6.37. The highest BCUT2D eigenvalue weighted by molar-refractivity contribution is 5.93. The van der Waals surface area contributed by atoms with Gasteiger partial charge in [0, 0.05) is 18.3 Å². The number of carbonyl (C=O) groups excluding carboxylic acids is 2. The number of nitrogens with zero attached hydrogens (tertiary/aromatic N) is 2. The Hall–Kier alpha value is -3.74. The molecule has 2 aromatic carbocycles. The average molecular weight is 390 g/mol. The molecule has 7 heteroatoms. The van der Waals surface area contributed by atoms with Crippen LogP contribution < -0.4 is 10.6 Å². The second-order valence-corrected chi connectivity index (χ2v) is 6.37. The second kappa shape index (κ2) is 9.45. The molecule has 1 heterocycles. The van der Waals surface area contributed by atoms with Crippen LogP contribution in [0.3, 0.4) is 0 Å². The van der Waals surface area contributed by atoms with Gasteiger partial charge in [-0.15, -0.1) is 0 Å². The lowest BCUT2D eigenvalue weighted by Gasteiger charge is -2.10. The summed E-state index contributed by atoms with van der Waals surface area (Å²) in [5.74, 6) is 0.324. The average Bonchev–Trinajstić information content (AvgIpc) is 2.74. The predicted molar refractivity (Wildman–Crippen MR) is 110 cm³/mol. The van der Waals surface area contributed by atoms with Crippen molar-refractivity contribution < 1.29 is 14.3 Å². The van der Waals surface area contributed by atoms with E-state index in [1.807, 2.05) is 30.3 Å². The molecule has 2 N–H and O–H groups in total. The summed E-state index contributed by atoms with van der Waals surface area (Å²) in [5, 5.41) is 6.01. The van der Waals surface area contributed by atoms with Gasteiger partial charge in [-0.25, -0.2) is 14.8 Å². The minimum Gasteiger partial charge on any atom is -0.465 e. The maximum atomic E-state index is 12.5. The largest absolute Gasteiger partial charge is 0.465 e.